The molecular formula is C14H19NO4. The Kier molecular flexibility index (Phi) is 5.85. The van der Waals surface area contributed by atoms with Gasteiger partial charge in [-0.3, -0.25) is 9.59 Å². The van der Waals surface area contributed by atoms with Gasteiger partial charge in [-0.2, -0.15) is 0 Å². The molecule has 0 aliphatic carbocycles. The highest BCUT2D eigenvalue weighted by atomic mass is 16.5. The van der Waals surface area contributed by atoms with Crippen molar-refractivity contribution in [3.8, 4) is 5.75 Å². The van der Waals surface area contributed by atoms with Gasteiger partial charge in [0, 0.05) is 18.7 Å². The van der Waals surface area contributed by atoms with Crippen LogP contribution in [0.2, 0.25) is 0 Å². The maximum atomic E-state index is 12.1. The summed E-state index contributed by atoms with van der Waals surface area (Å²) < 4.78 is 5.19. The summed E-state index contributed by atoms with van der Waals surface area (Å²) in [5.41, 5.74) is 0.809. The predicted octanol–water partition coefficient (Wildman–Crippen LogP) is 1.56. The number of carboxylic acid groups (broad SMARTS) is 1. The summed E-state index contributed by atoms with van der Waals surface area (Å²) >= 11 is 0. The maximum Gasteiger partial charge on any atom is 0.305 e. The van der Waals surface area contributed by atoms with Crippen molar-refractivity contribution >= 4 is 11.9 Å². The molecule has 0 bridgehead atoms. The molecule has 0 radical (unpaired) electrons. The van der Waals surface area contributed by atoms with Crippen molar-refractivity contribution in [2.45, 2.75) is 19.8 Å². The summed E-state index contributed by atoms with van der Waals surface area (Å²) in [5.74, 6) is -0.318. The first-order valence-electron chi connectivity index (χ1n) is 6.20. The Hall–Kier alpha value is -2.04. The lowest BCUT2D eigenvalue weighted by Crippen LogP contribution is -2.34. The van der Waals surface area contributed by atoms with Crippen LogP contribution in [0.15, 0.2) is 24.3 Å². The number of methoxy groups -OCH3 is 1. The van der Waals surface area contributed by atoms with Crippen LogP contribution in [0, 0.1) is 0 Å². The summed E-state index contributed by atoms with van der Waals surface area (Å²) in [6, 6.07) is 7.32. The molecule has 0 fully saturated rings. The molecule has 0 atom stereocenters. The van der Waals surface area contributed by atoms with Crippen molar-refractivity contribution in [2.75, 3.05) is 20.2 Å². The minimum atomic E-state index is -0.899. The molecule has 0 unspecified atom stereocenters. The number of carbonyl (C=O) groups excluding carboxylic acids is 1. The van der Waals surface area contributed by atoms with Crippen LogP contribution in [0.4, 0.5) is 0 Å². The number of carboxylic acids is 1. The molecule has 1 aromatic carbocycles. The second-order valence-corrected chi connectivity index (χ2v) is 4.11. The van der Waals surface area contributed by atoms with Gasteiger partial charge >= 0.3 is 5.97 Å². The first kappa shape index (κ1) is 15.0. The molecule has 0 aliphatic heterocycles. The first-order valence-corrected chi connectivity index (χ1v) is 6.20. The van der Waals surface area contributed by atoms with Gasteiger partial charge < -0.3 is 14.7 Å². The Bertz CT molecular complexity index is 445. The summed E-state index contributed by atoms with van der Waals surface area (Å²) in [6.45, 7) is 2.57. The largest absolute Gasteiger partial charge is 0.496 e. The van der Waals surface area contributed by atoms with E-state index in [-0.39, 0.29) is 25.3 Å². The number of rotatable bonds is 7. The number of amides is 1. The maximum absolute atomic E-state index is 12.1. The zero-order valence-electron chi connectivity index (χ0n) is 11.3. The number of nitrogens with zero attached hydrogens (tertiary/aromatic N) is 1. The van der Waals surface area contributed by atoms with Gasteiger partial charge in [-0.05, 0) is 13.0 Å². The quantitative estimate of drug-likeness (QED) is 0.812. The van der Waals surface area contributed by atoms with Gasteiger partial charge in [0.25, 0.3) is 0 Å². The number of carbonyl (C=O) groups is 2. The van der Waals surface area contributed by atoms with Crippen LogP contribution in [0.1, 0.15) is 18.9 Å². The van der Waals surface area contributed by atoms with E-state index in [1.54, 1.807) is 18.1 Å². The lowest BCUT2D eigenvalue weighted by molar-refractivity contribution is -0.138. The van der Waals surface area contributed by atoms with E-state index >= 15 is 0 Å². The number of aliphatic carboxylic acids is 1. The molecule has 1 rings (SSSR count). The molecule has 0 saturated heterocycles. The molecule has 0 spiro atoms. The average Bonchev–Trinajstić information content (AvgIpc) is 2.39. The number of hydrogen-bond donors (Lipinski definition) is 1. The van der Waals surface area contributed by atoms with E-state index in [0.717, 1.165) is 5.56 Å². The summed E-state index contributed by atoms with van der Waals surface area (Å²) in [5, 5.41) is 8.65. The number of ether oxygens (including phenoxy) is 1. The normalized spacial score (nSPS) is 10.0. The Morgan fingerprint density at radius 1 is 1.32 bits per heavy atom. The fourth-order valence-electron chi connectivity index (χ4n) is 1.81. The highest BCUT2D eigenvalue weighted by Crippen LogP contribution is 2.18. The van der Waals surface area contributed by atoms with Crippen LogP contribution in [0.3, 0.4) is 0 Å². The lowest BCUT2D eigenvalue weighted by Gasteiger charge is -2.20. The van der Waals surface area contributed by atoms with Gasteiger partial charge in [-0.1, -0.05) is 18.2 Å². The van der Waals surface area contributed by atoms with E-state index in [4.69, 9.17) is 9.84 Å². The molecule has 5 nitrogen and oxygen atoms in total. The molecule has 1 aromatic rings. The fourth-order valence-corrected chi connectivity index (χ4v) is 1.81. The second kappa shape index (κ2) is 7.41. The molecule has 19 heavy (non-hydrogen) atoms. The van der Waals surface area contributed by atoms with E-state index in [1.165, 1.54) is 0 Å². The van der Waals surface area contributed by atoms with E-state index in [1.807, 2.05) is 25.1 Å². The molecule has 0 heterocycles. The Morgan fingerprint density at radius 2 is 2.00 bits per heavy atom. The van der Waals surface area contributed by atoms with Crippen molar-refractivity contribution in [2.24, 2.45) is 0 Å². The van der Waals surface area contributed by atoms with Crippen LogP contribution < -0.4 is 4.74 Å². The smallest absolute Gasteiger partial charge is 0.305 e. The van der Waals surface area contributed by atoms with E-state index in [2.05, 4.69) is 0 Å². The predicted molar refractivity (Wildman–Crippen MR) is 71.2 cm³/mol. The number of benzene rings is 1. The zero-order valence-corrected chi connectivity index (χ0v) is 11.3. The fraction of sp³-hybridized carbons (Fsp3) is 0.429. The standard InChI is InChI=1S/C14H19NO4/c1-3-15(9-8-14(17)18)13(16)10-11-6-4-5-7-12(11)19-2/h4-7H,3,8-10H2,1-2H3,(H,17,18). The van der Waals surface area contributed by atoms with Gasteiger partial charge in [0.05, 0.1) is 20.0 Å². The number of para-hydroxylation sites is 1. The third kappa shape index (κ3) is 4.62. The summed E-state index contributed by atoms with van der Waals surface area (Å²) in [4.78, 5) is 24.2. The lowest BCUT2D eigenvalue weighted by atomic mass is 10.1. The number of hydrogen-bond acceptors (Lipinski definition) is 3. The van der Waals surface area contributed by atoms with Crippen LogP contribution in [-0.2, 0) is 16.0 Å². The van der Waals surface area contributed by atoms with Crippen LogP contribution >= 0.6 is 0 Å². The topological polar surface area (TPSA) is 66.8 Å². The average molecular weight is 265 g/mol. The molecule has 5 heteroatoms. The van der Waals surface area contributed by atoms with Crippen molar-refractivity contribution < 1.29 is 19.4 Å². The van der Waals surface area contributed by atoms with Crippen LogP contribution in [0.25, 0.3) is 0 Å². The zero-order chi connectivity index (χ0) is 14.3. The summed E-state index contributed by atoms with van der Waals surface area (Å²) in [6.07, 6.45) is 0.184. The molecule has 104 valence electrons. The summed E-state index contributed by atoms with van der Waals surface area (Å²) in [7, 11) is 1.56. The third-order valence-electron chi connectivity index (χ3n) is 2.86. The monoisotopic (exact) mass is 265 g/mol. The van der Waals surface area contributed by atoms with Gasteiger partial charge in [0.15, 0.2) is 0 Å². The van der Waals surface area contributed by atoms with E-state index < -0.39 is 5.97 Å². The minimum absolute atomic E-state index is 0.0362. The molecule has 1 N–H and O–H groups in total. The Morgan fingerprint density at radius 3 is 2.58 bits per heavy atom. The molecule has 0 saturated carbocycles. The minimum Gasteiger partial charge on any atom is -0.496 e. The van der Waals surface area contributed by atoms with Crippen molar-refractivity contribution in [1.29, 1.82) is 0 Å². The first-order chi connectivity index (χ1) is 9.08. The van der Waals surface area contributed by atoms with Crippen molar-refractivity contribution in [3.63, 3.8) is 0 Å². The molecule has 0 aliphatic rings. The second-order valence-electron chi connectivity index (χ2n) is 4.11. The van der Waals surface area contributed by atoms with Gasteiger partial charge in [-0.25, -0.2) is 0 Å². The Labute approximate surface area is 112 Å². The van der Waals surface area contributed by atoms with Crippen molar-refractivity contribution in [3.05, 3.63) is 29.8 Å². The SMILES string of the molecule is CCN(CCC(=O)O)C(=O)Cc1ccccc1OC. The van der Waals surface area contributed by atoms with E-state index in [9.17, 15) is 9.59 Å². The molecular weight excluding hydrogens is 246 g/mol. The van der Waals surface area contributed by atoms with Crippen LogP contribution in [0.5, 0.6) is 5.75 Å². The van der Waals surface area contributed by atoms with Gasteiger partial charge in [-0.15, -0.1) is 0 Å². The number of likely N-dealkylation sites (N-methyl/N-ethyl adjacent to an activating group) is 1. The highest BCUT2D eigenvalue weighted by Gasteiger charge is 2.15. The van der Waals surface area contributed by atoms with Crippen molar-refractivity contribution in [1.82, 2.24) is 4.90 Å². The third-order valence-corrected chi connectivity index (χ3v) is 2.86. The highest BCUT2D eigenvalue weighted by molar-refractivity contribution is 5.80. The van der Waals surface area contributed by atoms with Gasteiger partial charge in [0.1, 0.15) is 5.75 Å². The Balaban J connectivity index is 2.68. The molecule has 1 amide bonds. The van der Waals surface area contributed by atoms with E-state index in [0.29, 0.717) is 12.3 Å². The molecule has 0 aromatic heterocycles. The van der Waals surface area contributed by atoms with Gasteiger partial charge in [0.2, 0.25) is 5.91 Å². The van der Waals surface area contributed by atoms with Crippen LogP contribution in [-0.4, -0.2) is 42.1 Å².